The maximum atomic E-state index is 5.71. The molecule has 1 aromatic carbocycles. The first-order valence-corrected chi connectivity index (χ1v) is 6.01. The van der Waals surface area contributed by atoms with Crippen LogP contribution in [-0.2, 0) is 11.4 Å². The van der Waals surface area contributed by atoms with Crippen molar-refractivity contribution in [1.29, 1.82) is 0 Å². The first kappa shape index (κ1) is 11.6. The molecule has 1 aliphatic rings. The van der Waals surface area contributed by atoms with Gasteiger partial charge in [-0.05, 0) is 30.9 Å². The number of hydrogen-bond donors (Lipinski definition) is 2. The second-order valence-electron chi connectivity index (χ2n) is 4.43. The molecular weight excluding hydrogens is 200 g/mol. The van der Waals surface area contributed by atoms with Gasteiger partial charge in [0.1, 0.15) is 0 Å². The zero-order valence-corrected chi connectivity index (χ0v) is 9.56. The second kappa shape index (κ2) is 5.99. The van der Waals surface area contributed by atoms with Gasteiger partial charge in [-0.25, -0.2) is 0 Å². The number of nitrogens with two attached hydrogens (primary N) is 1. The first-order valence-electron chi connectivity index (χ1n) is 6.01. The maximum absolute atomic E-state index is 5.71. The Balaban J connectivity index is 1.72. The van der Waals surface area contributed by atoms with Gasteiger partial charge in [0.05, 0.1) is 6.61 Å². The highest BCUT2D eigenvalue weighted by Gasteiger charge is 2.25. The van der Waals surface area contributed by atoms with Gasteiger partial charge in [0, 0.05) is 6.04 Å². The molecule has 1 saturated carbocycles. The largest absolute Gasteiger partial charge is 0.330 e. The molecule has 3 nitrogen and oxygen atoms in total. The number of hydrogen-bond acceptors (Lipinski definition) is 3. The predicted molar refractivity (Wildman–Crippen MR) is 64.6 cm³/mol. The lowest BCUT2D eigenvalue weighted by Crippen LogP contribution is -2.35. The normalized spacial score (nSPS) is 24.8. The summed E-state index contributed by atoms with van der Waals surface area (Å²) < 4.78 is 0. The van der Waals surface area contributed by atoms with Crippen LogP contribution in [0.25, 0.3) is 0 Å². The molecule has 1 fully saturated rings. The molecular formula is C13H20N2O. The van der Waals surface area contributed by atoms with Crippen LogP contribution >= 0.6 is 0 Å². The molecule has 0 saturated heterocycles. The van der Waals surface area contributed by atoms with Crippen LogP contribution in [0.4, 0.5) is 0 Å². The van der Waals surface area contributed by atoms with Crippen LogP contribution in [0.15, 0.2) is 30.3 Å². The van der Waals surface area contributed by atoms with Gasteiger partial charge in [0.2, 0.25) is 0 Å². The quantitative estimate of drug-likeness (QED) is 0.744. The molecule has 0 amide bonds. The fourth-order valence-electron chi connectivity index (χ4n) is 2.28. The average molecular weight is 220 g/mol. The summed E-state index contributed by atoms with van der Waals surface area (Å²) in [5, 5.41) is 0. The zero-order valence-electron chi connectivity index (χ0n) is 9.56. The summed E-state index contributed by atoms with van der Waals surface area (Å²) in [4.78, 5) is 5.53. The number of rotatable bonds is 5. The van der Waals surface area contributed by atoms with Gasteiger partial charge in [0.25, 0.3) is 0 Å². The molecule has 0 heterocycles. The van der Waals surface area contributed by atoms with E-state index in [0.29, 0.717) is 18.6 Å². The number of hydroxylamine groups is 1. The van der Waals surface area contributed by atoms with E-state index in [2.05, 4.69) is 17.6 Å². The fourth-order valence-corrected chi connectivity index (χ4v) is 2.28. The zero-order chi connectivity index (χ0) is 11.2. The molecule has 16 heavy (non-hydrogen) atoms. The van der Waals surface area contributed by atoms with E-state index in [4.69, 9.17) is 10.6 Å². The number of benzene rings is 1. The summed E-state index contributed by atoms with van der Waals surface area (Å²) in [6.07, 6.45) is 3.66. The van der Waals surface area contributed by atoms with E-state index in [1.54, 1.807) is 0 Å². The molecule has 0 radical (unpaired) electrons. The Bertz CT molecular complexity index is 302. The lowest BCUT2D eigenvalue weighted by atomic mass is 10.1. The van der Waals surface area contributed by atoms with Crippen molar-refractivity contribution in [2.24, 2.45) is 11.7 Å². The maximum Gasteiger partial charge on any atom is 0.0933 e. The summed E-state index contributed by atoms with van der Waals surface area (Å²) in [5.41, 5.74) is 10.1. The van der Waals surface area contributed by atoms with Crippen LogP contribution in [0.5, 0.6) is 0 Å². The van der Waals surface area contributed by atoms with E-state index in [0.717, 1.165) is 6.54 Å². The topological polar surface area (TPSA) is 47.3 Å². The monoisotopic (exact) mass is 220 g/mol. The Morgan fingerprint density at radius 2 is 2.06 bits per heavy atom. The van der Waals surface area contributed by atoms with Gasteiger partial charge >= 0.3 is 0 Å². The van der Waals surface area contributed by atoms with Gasteiger partial charge in [-0.3, -0.25) is 4.84 Å². The minimum Gasteiger partial charge on any atom is -0.330 e. The fraction of sp³-hybridized carbons (Fsp3) is 0.538. The predicted octanol–water partition coefficient (Wildman–Crippen LogP) is 1.84. The van der Waals surface area contributed by atoms with Crippen LogP contribution in [0, 0.1) is 5.92 Å². The summed E-state index contributed by atoms with van der Waals surface area (Å²) in [6, 6.07) is 10.6. The van der Waals surface area contributed by atoms with Gasteiger partial charge in [-0.2, -0.15) is 5.48 Å². The van der Waals surface area contributed by atoms with E-state index >= 15 is 0 Å². The lowest BCUT2D eigenvalue weighted by Gasteiger charge is -2.18. The molecule has 2 unspecified atom stereocenters. The molecule has 1 aromatic rings. The Morgan fingerprint density at radius 1 is 1.25 bits per heavy atom. The SMILES string of the molecule is NCC1CCCC1NOCc1ccccc1. The molecule has 0 aromatic heterocycles. The van der Waals surface area contributed by atoms with Crippen molar-refractivity contribution in [3.63, 3.8) is 0 Å². The van der Waals surface area contributed by atoms with Crippen LogP contribution in [0.2, 0.25) is 0 Å². The molecule has 0 spiro atoms. The van der Waals surface area contributed by atoms with Gasteiger partial charge < -0.3 is 5.73 Å². The lowest BCUT2D eigenvalue weighted by molar-refractivity contribution is -0.00421. The highest BCUT2D eigenvalue weighted by molar-refractivity contribution is 5.13. The van der Waals surface area contributed by atoms with Crippen molar-refractivity contribution >= 4 is 0 Å². The Hall–Kier alpha value is -0.900. The Kier molecular flexibility index (Phi) is 4.34. The summed E-state index contributed by atoms with van der Waals surface area (Å²) >= 11 is 0. The first-order chi connectivity index (χ1) is 7.90. The molecule has 0 bridgehead atoms. The summed E-state index contributed by atoms with van der Waals surface area (Å²) in [5.74, 6) is 0.579. The number of nitrogens with one attached hydrogen (secondary N) is 1. The van der Waals surface area contributed by atoms with Crippen LogP contribution < -0.4 is 11.2 Å². The molecule has 2 rings (SSSR count). The summed E-state index contributed by atoms with van der Waals surface area (Å²) in [6.45, 7) is 1.38. The van der Waals surface area contributed by atoms with Crippen molar-refractivity contribution < 1.29 is 4.84 Å². The summed E-state index contributed by atoms with van der Waals surface area (Å²) in [7, 11) is 0. The van der Waals surface area contributed by atoms with E-state index in [1.807, 2.05) is 18.2 Å². The van der Waals surface area contributed by atoms with Crippen LogP contribution in [-0.4, -0.2) is 12.6 Å². The van der Waals surface area contributed by atoms with Crippen LogP contribution in [0.1, 0.15) is 24.8 Å². The molecule has 1 aliphatic carbocycles. The molecule has 3 N–H and O–H groups in total. The molecule has 88 valence electrons. The Labute approximate surface area is 96.9 Å². The minimum atomic E-state index is 0.439. The van der Waals surface area contributed by atoms with E-state index in [9.17, 15) is 0 Å². The van der Waals surface area contributed by atoms with E-state index < -0.39 is 0 Å². The van der Waals surface area contributed by atoms with Gasteiger partial charge in [-0.15, -0.1) is 0 Å². The van der Waals surface area contributed by atoms with Crippen molar-refractivity contribution in [1.82, 2.24) is 5.48 Å². The Morgan fingerprint density at radius 3 is 2.81 bits per heavy atom. The van der Waals surface area contributed by atoms with E-state index in [-0.39, 0.29) is 0 Å². The average Bonchev–Trinajstić information content (AvgIpc) is 2.78. The van der Waals surface area contributed by atoms with Crippen molar-refractivity contribution in [2.75, 3.05) is 6.54 Å². The third kappa shape index (κ3) is 3.04. The van der Waals surface area contributed by atoms with Gasteiger partial charge in [-0.1, -0.05) is 36.8 Å². The second-order valence-corrected chi connectivity index (χ2v) is 4.43. The molecule has 3 heteroatoms. The van der Waals surface area contributed by atoms with E-state index in [1.165, 1.54) is 24.8 Å². The van der Waals surface area contributed by atoms with Crippen LogP contribution in [0.3, 0.4) is 0 Å². The third-order valence-electron chi connectivity index (χ3n) is 3.28. The molecule has 2 atom stereocenters. The minimum absolute atomic E-state index is 0.439. The smallest absolute Gasteiger partial charge is 0.0933 e. The highest BCUT2D eigenvalue weighted by Crippen LogP contribution is 2.24. The van der Waals surface area contributed by atoms with Crippen molar-refractivity contribution in [2.45, 2.75) is 31.9 Å². The third-order valence-corrected chi connectivity index (χ3v) is 3.28. The highest BCUT2D eigenvalue weighted by atomic mass is 16.6. The van der Waals surface area contributed by atoms with Crippen molar-refractivity contribution in [3.8, 4) is 0 Å². The molecule has 0 aliphatic heterocycles. The standard InChI is InChI=1S/C13H20N2O/c14-9-12-7-4-8-13(12)15-16-10-11-5-2-1-3-6-11/h1-3,5-6,12-13,15H,4,7-10,14H2. The van der Waals surface area contributed by atoms with Crippen molar-refractivity contribution in [3.05, 3.63) is 35.9 Å². The van der Waals surface area contributed by atoms with Gasteiger partial charge in [0.15, 0.2) is 0 Å².